The molecule has 0 spiro atoms. The Kier molecular flexibility index (Phi) is 4.91. The fraction of sp³-hybridized carbons (Fsp3) is 0.533. The summed E-state index contributed by atoms with van der Waals surface area (Å²) in [6, 6.07) is 5.83. The van der Waals surface area contributed by atoms with E-state index in [1.165, 1.54) is 0 Å². The van der Waals surface area contributed by atoms with E-state index in [0.29, 0.717) is 17.9 Å². The van der Waals surface area contributed by atoms with E-state index in [-0.39, 0.29) is 11.2 Å². The van der Waals surface area contributed by atoms with Crippen LogP contribution >= 0.6 is 0 Å². The molecule has 3 nitrogen and oxygen atoms in total. The number of Topliss-reactive ketones (excluding diaryl/α,β-unsaturated/α-hetero) is 1. The quantitative estimate of drug-likeness (QED) is 0.815. The summed E-state index contributed by atoms with van der Waals surface area (Å²) in [6.45, 7) is 9.51. The molecule has 0 aromatic heterocycles. The van der Waals surface area contributed by atoms with Gasteiger partial charge >= 0.3 is 0 Å². The maximum absolute atomic E-state index is 12.1. The Labute approximate surface area is 110 Å². The first kappa shape index (κ1) is 14.7. The maximum Gasteiger partial charge on any atom is 0.180 e. The highest BCUT2D eigenvalue weighted by Gasteiger charge is 2.18. The van der Waals surface area contributed by atoms with Gasteiger partial charge in [0, 0.05) is 0 Å². The van der Waals surface area contributed by atoms with Crippen LogP contribution in [-0.4, -0.2) is 26.0 Å². The number of nitrogens with one attached hydrogen (secondary N) is 1. The summed E-state index contributed by atoms with van der Waals surface area (Å²) in [4.78, 5) is 12.1. The van der Waals surface area contributed by atoms with E-state index in [4.69, 9.17) is 4.74 Å². The summed E-state index contributed by atoms with van der Waals surface area (Å²) in [5.74, 6) is 0.714. The molecule has 0 aliphatic carbocycles. The van der Waals surface area contributed by atoms with Gasteiger partial charge in [0.05, 0.1) is 19.2 Å². The topological polar surface area (TPSA) is 38.3 Å². The van der Waals surface area contributed by atoms with Gasteiger partial charge in [-0.25, -0.2) is 0 Å². The molecule has 3 heteroatoms. The predicted octanol–water partition coefficient (Wildman–Crippen LogP) is 2.78. The molecule has 0 aliphatic rings. The van der Waals surface area contributed by atoms with Crippen LogP contribution < -0.4 is 10.1 Å². The summed E-state index contributed by atoms with van der Waals surface area (Å²) in [5, 5.41) is 3.05. The van der Waals surface area contributed by atoms with Crippen molar-refractivity contribution in [1.82, 2.24) is 5.32 Å². The zero-order chi connectivity index (χ0) is 13.8. The van der Waals surface area contributed by atoms with Crippen molar-refractivity contribution < 1.29 is 9.53 Å². The van der Waals surface area contributed by atoms with Gasteiger partial charge in [-0.05, 0) is 29.7 Å². The van der Waals surface area contributed by atoms with Gasteiger partial charge in [0.1, 0.15) is 5.75 Å². The Morgan fingerprint density at radius 3 is 2.50 bits per heavy atom. The van der Waals surface area contributed by atoms with Gasteiger partial charge in [-0.2, -0.15) is 0 Å². The molecule has 18 heavy (non-hydrogen) atoms. The molecule has 1 N–H and O–H groups in total. The molecular formula is C15H23NO2. The number of rotatable bonds is 5. The molecule has 0 aliphatic heterocycles. The van der Waals surface area contributed by atoms with Crippen molar-refractivity contribution in [3.8, 4) is 5.75 Å². The average molecular weight is 249 g/mol. The third-order valence-corrected chi connectivity index (χ3v) is 2.90. The number of carbonyl (C=O) groups is 1. The molecule has 0 bridgehead atoms. The molecule has 0 radical (unpaired) electrons. The van der Waals surface area contributed by atoms with Crippen LogP contribution in [0.2, 0.25) is 0 Å². The first-order valence-electron chi connectivity index (χ1n) is 6.32. The minimum atomic E-state index is 0.0273. The lowest BCUT2D eigenvalue weighted by atomic mass is 9.85. The highest BCUT2D eigenvalue weighted by atomic mass is 16.5. The van der Waals surface area contributed by atoms with Gasteiger partial charge in [0.15, 0.2) is 5.78 Å². The Morgan fingerprint density at radius 1 is 1.33 bits per heavy atom. The van der Waals surface area contributed by atoms with E-state index in [9.17, 15) is 4.79 Å². The molecular weight excluding hydrogens is 226 g/mol. The summed E-state index contributed by atoms with van der Waals surface area (Å²) in [7, 11) is 1.59. The Morgan fingerprint density at radius 2 is 2.00 bits per heavy atom. The first-order valence-corrected chi connectivity index (χ1v) is 6.32. The van der Waals surface area contributed by atoms with Crippen LogP contribution in [0.4, 0.5) is 0 Å². The Balaban J connectivity index is 3.10. The highest BCUT2D eigenvalue weighted by Crippen LogP contribution is 2.28. The van der Waals surface area contributed by atoms with E-state index >= 15 is 0 Å². The van der Waals surface area contributed by atoms with E-state index in [1.54, 1.807) is 7.11 Å². The van der Waals surface area contributed by atoms with E-state index in [2.05, 4.69) is 26.1 Å². The number of benzene rings is 1. The summed E-state index contributed by atoms with van der Waals surface area (Å²) < 4.78 is 5.27. The molecule has 1 aromatic carbocycles. The molecule has 1 rings (SSSR count). The zero-order valence-electron chi connectivity index (χ0n) is 12.0. The minimum absolute atomic E-state index is 0.0273. The third-order valence-electron chi connectivity index (χ3n) is 2.90. The zero-order valence-corrected chi connectivity index (χ0v) is 12.0. The molecule has 0 heterocycles. The molecule has 0 fully saturated rings. The number of ketones is 1. The fourth-order valence-corrected chi connectivity index (χ4v) is 1.73. The lowest BCUT2D eigenvalue weighted by molar-refractivity contribution is 0.0988. The first-order chi connectivity index (χ1) is 8.40. The lowest BCUT2D eigenvalue weighted by Gasteiger charge is -2.20. The Hall–Kier alpha value is -1.35. The van der Waals surface area contributed by atoms with E-state index in [1.807, 2.05) is 25.1 Å². The van der Waals surface area contributed by atoms with E-state index < -0.39 is 0 Å². The second-order valence-electron chi connectivity index (χ2n) is 5.37. The van der Waals surface area contributed by atoms with Crippen molar-refractivity contribution in [1.29, 1.82) is 0 Å². The van der Waals surface area contributed by atoms with Crippen LogP contribution in [0.5, 0.6) is 5.75 Å². The fourth-order valence-electron chi connectivity index (χ4n) is 1.73. The molecule has 0 saturated heterocycles. The number of carbonyl (C=O) groups excluding carboxylic acids is 1. The van der Waals surface area contributed by atoms with Crippen molar-refractivity contribution >= 4 is 5.78 Å². The van der Waals surface area contributed by atoms with Gasteiger partial charge in [-0.3, -0.25) is 4.79 Å². The largest absolute Gasteiger partial charge is 0.496 e. The van der Waals surface area contributed by atoms with Crippen molar-refractivity contribution in [2.45, 2.75) is 33.1 Å². The van der Waals surface area contributed by atoms with Crippen molar-refractivity contribution in [2.75, 3.05) is 20.2 Å². The summed E-state index contributed by atoms with van der Waals surface area (Å²) in [5.41, 5.74) is 1.83. The number of hydrogen-bond acceptors (Lipinski definition) is 3. The summed E-state index contributed by atoms with van der Waals surface area (Å²) >= 11 is 0. The van der Waals surface area contributed by atoms with Gasteiger partial charge in [-0.1, -0.05) is 33.8 Å². The molecule has 0 unspecified atom stereocenters. The van der Waals surface area contributed by atoms with Crippen LogP contribution in [-0.2, 0) is 5.41 Å². The third kappa shape index (κ3) is 3.57. The second kappa shape index (κ2) is 6.01. The molecule has 0 saturated carbocycles. The highest BCUT2D eigenvalue weighted by molar-refractivity contribution is 6.00. The average Bonchev–Trinajstić information content (AvgIpc) is 2.34. The van der Waals surface area contributed by atoms with Crippen LogP contribution in [0.15, 0.2) is 18.2 Å². The van der Waals surface area contributed by atoms with Gasteiger partial charge in [0.2, 0.25) is 0 Å². The van der Waals surface area contributed by atoms with Crippen molar-refractivity contribution in [3.05, 3.63) is 29.3 Å². The van der Waals surface area contributed by atoms with Crippen molar-refractivity contribution in [3.63, 3.8) is 0 Å². The normalized spacial score (nSPS) is 11.4. The van der Waals surface area contributed by atoms with Gasteiger partial charge in [0.25, 0.3) is 0 Å². The van der Waals surface area contributed by atoms with Crippen LogP contribution in [0.25, 0.3) is 0 Å². The SMILES string of the molecule is CCNCC(=O)c1cc(C(C)(C)C)ccc1OC. The monoisotopic (exact) mass is 249 g/mol. The van der Waals surface area contributed by atoms with Crippen LogP contribution in [0, 0.1) is 0 Å². The second-order valence-corrected chi connectivity index (χ2v) is 5.37. The van der Waals surface area contributed by atoms with Crippen LogP contribution in [0.3, 0.4) is 0 Å². The number of hydrogen-bond donors (Lipinski definition) is 1. The Bertz CT molecular complexity index is 419. The van der Waals surface area contributed by atoms with Crippen LogP contribution in [0.1, 0.15) is 43.6 Å². The van der Waals surface area contributed by atoms with Gasteiger partial charge in [-0.15, -0.1) is 0 Å². The lowest BCUT2D eigenvalue weighted by Crippen LogP contribution is -2.23. The van der Waals surface area contributed by atoms with Crippen molar-refractivity contribution in [2.24, 2.45) is 0 Å². The van der Waals surface area contributed by atoms with Gasteiger partial charge < -0.3 is 10.1 Å². The number of methoxy groups -OCH3 is 1. The molecule has 100 valence electrons. The minimum Gasteiger partial charge on any atom is -0.496 e. The summed E-state index contributed by atoms with van der Waals surface area (Å²) in [6.07, 6.45) is 0. The molecule has 1 aromatic rings. The standard InChI is InChI=1S/C15H23NO2/c1-6-16-10-13(17)12-9-11(15(2,3)4)7-8-14(12)18-5/h7-9,16H,6,10H2,1-5H3. The smallest absolute Gasteiger partial charge is 0.180 e. The maximum atomic E-state index is 12.1. The number of likely N-dealkylation sites (N-methyl/N-ethyl adjacent to an activating group) is 1. The molecule has 0 amide bonds. The van der Waals surface area contributed by atoms with E-state index in [0.717, 1.165) is 12.1 Å². The predicted molar refractivity (Wildman–Crippen MR) is 74.6 cm³/mol. The molecule has 0 atom stereocenters. The number of ether oxygens (including phenoxy) is 1.